The highest BCUT2D eigenvalue weighted by molar-refractivity contribution is 7.13. The molecule has 0 atom stereocenters. The molecule has 0 aliphatic carbocycles. The number of hydrogen-bond donors (Lipinski definition) is 2. The van der Waals surface area contributed by atoms with E-state index in [4.69, 9.17) is 4.74 Å². The quantitative estimate of drug-likeness (QED) is 0.211. The summed E-state index contributed by atoms with van der Waals surface area (Å²) < 4.78 is 5.43. The summed E-state index contributed by atoms with van der Waals surface area (Å²) in [6.45, 7) is 3.21. The number of nitrogens with one attached hydrogen (secondary N) is 2. The number of thiazole rings is 1. The van der Waals surface area contributed by atoms with Gasteiger partial charge in [0.2, 0.25) is 0 Å². The van der Waals surface area contributed by atoms with E-state index in [0.717, 1.165) is 12.1 Å². The summed E-state index contributed by atoms with van der Waals surface area (Å²) in [6, 6.07) is 5.36. The van der Waals surface area contributed by atoms with Gasteiger partial charge in [0.05, 0.1) is 4.92 Å². The fraction of sp³-hybridized carbons (Fsp3) is 0.111. The van der Waals surface area contributed by atoms with E-state index in [1.165, 1.54) is 35.7 Å². The molecule has 148 valence electrons. The average molecular weight is 413 g/mol. The molecule has 1 heterocycles. The van der Waals surface area contributed by atoms with Crippen molar-refractivity contribution in [2.24, 2.45) is 0 Å². The first-order chi connectivity index (χ1) is 13.9. The number of amides is 2. The molecule has 11 heteroatoms. The van der Waals surface area contributed by atoms with Gasteiger partial charge in [0.15, 0.2) is 11.7 Å². The second-order valence-electron chi connectivity index (χ2n) is 5.32. The first kappa shape index (κ1) is 21.3. The van der Waals surface area contributed by atoms with Crippen molar-refractivity contribution in [2.75, 3.05) is 18.5 Å². The van der Waals surface area contributed by atoms with Crippen LogP contribution in [0.1, 0.15) is 5.56 Å². The second-order valence-corrected chi connectivity index (χ2v) is 6.22. The molecule has 0 fully saturated rings. The summed E-state index contributed by atoms with van der Waals surface area (Å²) in [5.41, 5.74) is -0.449. The summed E-state index contributed by atoms with van der Waals surface area (Å²) in [4.78, 5) is 38.3. The van der Waals surface area contributed by atoms with Crippen LogP contribution in [0.15, 0.2) is 48.0 Å². The summed E-state index contributed by atoms with van der Waals surface area (Å²) in [5.74, 6) is -1.07. The Morgan fingerprint density at radius 3 is 2.86 bits per heavy atom. The molecule has 0 spiro atoms. The molecule has 0 bridgehead atoms. The molecule has 2 rings (SSSR count). The molecule has 0 saturated heterocycles. The molecule has 2 aromatic rings. The van der Waals surface area contributed by atoms with Crippen LogP contribution in [0.25, 0.3) is 6.08 Å². The lowest BCUT2D eigenvalue weighted by Crippen LogP contribution is -2.24. The number of nitriles is 1. The average Bonchev–Trinajstić information content (AvgIpc) is 3.21. The van der Waals surface area contributed by atoms with Gasteiger partial charge < -0.3 is 10.1 Å². The summed E-state index contributed by atoms with van der Waals surface area (Å²) in [7, 11) is 0. The number of nitrogens with zero attached hydrogens (tertiary/aromatic N) is 3. The van der Waals surface area contributed by atoms with E-state index in [9.17, 15) is 25.0 Å². The molecule has 29 heavy (non-hydrogen) atoms. The van der Waals surface area contributed by atoms with Gasteiger partial charge in [-0.15, -0.1) is 17.9 Å². The van der Waals surface area contributed by atoms with E-state index in [0.29, 0.717) is 5.13 Å². The molecule has 0 radical (unpaired) electrons. The molecular formula is C18H15N5O5S. The standard InChI is InChI=1S/C18H15N5O5S/c1-2-5-20-17(25)13(10-19)8-12-9-14(23(26)27)3-4-15(12)28-11-16(24)22-18-21-6-7-29-18/h2-4,6-9H,1,5,11H2,(H,20,25)(H,21,22,24)/b13-8+. The van der Waals surface area contributed by atoms with Gasteiger partial charge >= 0.3 is 0 Å². The third kappa shape index (κ3) is 6.26. The number of aromatic nitrogens is 1. The molecule has 0 aliphatic heterocycles. The lowest BCUT2D eigenvalue weighted by Gasteiger charge is -2.09. The van der Waals surface area contributed by atoms with E-state index in [-0.39, 0.29) is 29.1 Å². The zero-order chi connectivity index (χ0) is 21.2. The monoisotopic (exact) mass is 413 g/mol. The summed E-state index contributed by atoms with van der Waals surface area (Å²) >= 11 is 1.23. The van der Waals surface area contributed by atoms with Gasteiger partial charge in [0.25, 0.3) is 17.5 Å². The Balaban J connectivity index is 2.25. The zero-order valence-corrected chi connectivity index (χ0v) is 15.8. The van der Waals surface area contributed by atoms with Gasteiger partial charge in [0.1, 0.15) is 17.4 Å². The maximum absolute atomic E-state index is 12.0. The van der Waals surface area contributed by atoms with Crippen molar-refractivity contribution in [3.63, 3.8) is 0 Å². The Morgan fingerprint density at radius 1 is 1.45 bits per heavy atom. The van der Waals surface area contributed by atoms with Gasteiger partial charge in [-0.25, -0.2) is 4.98 Å². The van der Waals surface area contributed by atoms with Crippen molar-refractivity contribution in [1.29, 1.82) is 5.26 Å². The van der Waals surface area contributed by atoms with Crippen LogP contribution in [-0.4, -0.2) is 34.9 Å². The van der Waals surface area contributed by atoms with Gasteiger partial charge in [-0.05, 0) is 12.1 Å². The molecule has 1 aromatic heterocycles. The smallest absolute Gasteiger partial charge is 0.270 e. The summed E-state index contributed by atoms with van der Waals surface area (Å²) in [5, 5.41) is 27.4. The molecule has 1 aromatic carbocycles. The highest BCUT2D eigenvalue weighted by atomic mass is 32.1. The third-order valence-electron chi connectivity index (χ3n) is 3.31. The number of ether oxygens (including phenoxy) is 1. The minimum Gasteiger partial charge on any atom is -0.483 e. The molecule has 10 nitrogen and oxygen atoms in total. The van der Waals surface area contributed by atoms with Crippen molar-refractivity contribution in [3.05, 3.63) is 63.7 Å². The topological polar surface area (TPSA) is 147 Å². The van der Waals surface area contributed by atoms with Crippen LogP contribution >= 0.6 is 11.3 Å². The van der Waals surface area contributed by atoms with Crippen LogP contribution in [0.4, 0.5) is 10.8 Å². The van der Waals surface area contributed by atoms with Crippen LogP contribution in [0.2, 0.25) is 0 Å². The maximum atomic E-state index is 12.0. The number of nitro benzene ring substituents is 1. The number of nitro groups is 1. The largest absolute Gasteiger partial charge is 0.483 e. The van der Waals surface area contributed by atoms with E-state index in [2.05, 4.69) is 22.2 Å². The molecule has 0 unspecified atom stereocenters. The molecule has 0 aliphatic rings. The van der Waals surface area contributed by atoms with Gasteiger partial charge in [-0.3, -0.25) is 25.0 Å². The lowest BCUT2D eigenvalue weighted by molar-refractivity contribution is -0.384. The van der Waals surface area contributed by atoms with Crippen LogP contribution in [0, 0.1) is 21.4 Å². The van der Waals surface area contributed by atoms with Crippen LogP contribution in [-0.2, 0) is 9.59 Å². The first-order valence-corrected chi connectivity index (χ1v) is 8.94. The van der Waals surface area contributed by atoms with Crippen molar-refractivity contribution in [2.45, 2.75) is 0 Å². The highest BCUT2D eigenvalue weighted by Crippen LogP contribution is 2.26. The normalized spacial score (nSPS) is 10.5. The van der Waals surface area contributed by atoms with Crippen LogP contribution in [0.3, 0.4) is 0 Å². The fourth-order valence-corrected chi connectivity index (χ4v) is 2.59. The van der Waals surface area contributed by atoms with Gasteiger partial charge in [0, 0.05) is 35.8 Å². The van der Waals surface area contributed by atoms with Gasteiger partial charge in [-0.2, -0.15) is 5.26 Å². The van der Waals surface area contributed by atoms with E-state index in [1.807, 2.05) is 0 Å². The second kappa shape index (κ2) is 10.3. The number of carbonyl (C=O) groups is 2. The van der Waals surface area contributed by atoms with Crippen molar-refractivity contribution in [3.8, 4) is 11.8 Å². The van der Waals surface area contributed by atoms with Crippen molar-refractivity contribution in [1.82, 2.24) is 10.3 Å². The Labute approximate surface area is 169 Å². The minimum atomic E-state index is -0.675. The number of hydrogen-bond acceptors (Lipinski definition) is 8. The van der Waals surface area contributed by atoms with Crippen molar-refractivity contribution < 1.29 is 19.2 Å². The fourth-order valence-electron chi connectivity index (χ4n) is 2.04. The number of non-ortho nitro benzene ring substituents is 1. The highest BCUT2D eigenvalue weighted by Gasteiger charge is 2.15. The molecule has 2 amide bonds. The Hall–Kier alpha value is -4.04. The van der Waals surface area contributed by atoms with Gasteiger partial charge in [-0.1, -0.05) is 6.08 Å². The van der Waals surface area contributed by atoms with E-state index in [1.54, 1.807) is 11.4 Å². The van der Waals surface area contributed by atoms with E-state index < -0.39 is 23.3 Å². The minimum absolute atomic E-state index is 0.0918. The number of carbonyl (C=O) groups excluding carboxylic acids is 2. The number of benzene rings is 1. The lowest BCUT2D eigenvalue weighted by atomic mass is 10.1. The molecular weight excluding hydrogens is 398 g/mol. The molecule has 0 saturated carbocycles. The Bertz CT molecular complexity index is 995. The predicted molar refractivity (Wildman–Crippen MR) is 106 cm³/mol. The van der Waals surface area contributed by atoms with Crippen molar-refractivity contribution >= 4 is 40.0 Å². The third-order valence-corrected chi connectivity index (χ3v) is 4.00. The first-order valence-electron chi connectivity index (χ1n) is 8.06. The zero-order valence-electron chi connectivity index (χ0n) is 15.0. The summed E-state index contributed by atoms with van der Waals surface area (Å²) in [6.07, 6.45) is 4.12. The van der Waals surface area contributed by atoms with Crippen LogP contribution in [0.5, 0.6) is 5.75 Å². The number of anilines is 1. The Morgan fingerprint density at radius 2 is 2.24 bits per heavy atom. The predicted octanol–water partition coefficient (Wildman–Crippen LogP) is 2.28. The number of rotatable bonds is 9. The van der Waals surface area contributed by atoms with E-state index >= 15 is 0 Å². The SMILES string of the molecule is C=CCNC(=O)/C(C#N)=C/c1cc([N+](=O)[O-])ccc1OCC(=O)Nc1nccs1. The van der Waals surface area contributed by atoms with Crippen LogP contribution < -0.4 is 15.4 Å². The maximum Gasteiger partial charge on any atom is 0.270 e. The Kier molecular flexibility index (Phi) is 7.58. The molecule has 2 N–H and O–H groups in total.